The predicted molar refractivity (Wildman–Crippen MR) is 137 cm³/mol. The van der Waals surface area contributed by atoms with Crippen molar-refractivity contribution < 1.29 is 13.9 Å². The normalized spacial score (nSPS) is 11.3. The molecule has 2 aromatic heterocycles. The lowest BCUT2D eigenvalue weighted by Crippen LogP contribution is -2.25. The van der Waals surface area contributed by atoms with Gasteiger partial charge in [-0.15, -0.1) is 0 Å². The number of thioether (sulfide) groups is 1. The zero-order chi connectivity index (χ0) is 24.6. The van der Waals surface area contributed by atoms with E-state index in [1.807, 2.05) is 50.2 Å². The minimum absolute atomic E-state index is 0.0913. The van der Waals surface area contributed by atoms with Crippen LogP contribution >= 0.6 is 11.8 Å². The molecular weight excluding hydrogens is 463 g/mol. The summed E-state index contributed by atoms with van der Waals surface area (Å²) in [5, 5.41) is 3.78. The molecule has 2 aromatic carbocycles. The van der Waals surface area contributed by atoms with Crippen LogP contribution in [0.25, 0.3) is 11.2 Å². The first kappa shape index (κ1) is 24.9. The average molecular weight is 493 g/mol. The summed E-state index contributed by atoms with van der Waals surface area (Å²) in [6, 6.07) is 17.9. The Hall–Kier alpha value is -3.23. The lowest BCUT2D eigenvalue weighted by atomic mass is 10.1. The number of benzene rings is 2. The number of rotatable bonds is 11. The number of hydrogen-bond acceptors (Lipinski definition) is 5. The molecule has 35 heavy (non-hydrogen) atoms. The van der Waals surface area contributed by atoms with E-state index in [-0.39, 0.29) is 17.8 Å². The van der Waals surface area contributed by atoms with Gasteiger partial charge in [-0.05, 0) is 67.8 Å². The number of amides is 1. The van der Waals surface area contributed by atoms with E-state index in [1.165, 1.54) is 12.1 Å². The molecule has 0 saturated carbocycles. The van der Waals surface area contributed by atoms with E-state index in [4.69, 9.17) is 9.72 Å². The zero-order valence-electron chi connectivity index (χ0n) is 19.9. The fraction of sp³-hybridized carbons (Fsp3) is 0.296. The van der Waals surface area contributed by atoms with Crippen LogP contribution in [0.2, 0.25) is 0 Å². The van der Waals surface area contributed by atoms with Gasteiger partial charge < -0.3 is 10.1 Å². The Bertz CT molecular complexity index is 1260. The molecule has 0 fully saturated rings. The van der Waals surface area contributed by atoms with Crippen molar-refractivity contribution in [2.45, 2.75) is 43.8 Å². The Morgan fingerprint density at radius 1 is 1.09 bits per heavy atom. The van der Waals surface area contributed by atoms with Gasteiger partial charge in [0.15, 0.2) is 10.8 Å². The third kappa shape index (κ3) is 6.90. The summed E-state index contributed by atoms with van der Waals surface area (Å²) in [4.78, 5) is 21.7. The number of imidazole rings is 1. The largest absolute Gasteiger partial charge is 0.379 e. The van der Waals surface area contributed by atoms with Gasteiger partial charge in [-0.3, -0.25) is 9.36 Å². The Morgan fingerprint density at radius 2 is 1.83 bits per heavy atom. The Labute approximate surface area is 208 Å². The fourth-order valence-corrected chi connectivity index (χ4v) is 4.52. The number of aromatic nitrogens is 3. The monoisotopic (exact) mass is 492 g/mol. The quantitative estimate of drug-likeness (QED) is 0.223. The number of hydrogen-bond donors (Lipinski definition) is 1. The van der Waals surface area contributed by atoms with Crippen molar-refractivity contribution in [1.82, 2.24) is 19.9 Å². The molecular formula is C27H29FN4O2S. The predicted octanol–water partition coefficient (Wildman–Crippen LogP) is 5.46. The number of carbonyl (C=O) groups is 1. The highest BCUT2D eigenvalue weighted by atomic mass is 32.2. The van der Waals surface area contributed by atoms with Crippen molar-refractivity contribution in [2.75, 3.05) is 13.2 Å². The number of carbonyl (C=O) groups excluding carboxylic acids is 1. The summed E-state index contributed by atoms with van der Waals surface area (Å²) < 4.78 is 20.8. The maximum absolute atomic E-state index is 13.2. The second kappa shape index (κ2) is 12.0. The first-order valence-corrected chi connectivity index (χ1v) is 12.7. The maximum Gasteiger partial charge on any atom is 0.251 e. The molecule has 182 valence electrons. The van der Waals surface area contributed by atoms with Crippen LogP contribution in [-0.2, 0) is 17.0 Å². The molecule has 1 amide bonds. The third-order valence-corrected chi connectivity index (χ3v) is 6.41. The first-order valence-electron chi connectivity index (χ1n) is 11.7. The molecule has 4 rings (SSSR count). The summed E-state index contributed by atoms with van der Waals surface area (Å²) in [7, 11) is 0. The number of pyridine rings is 1. The second-order valence-corrected chi connectivity index (χ2v) is 9.41. The van der Waals surface area contributed by atoms with Crippen molar-refractivity contribution in [3.8, 4) is 0 Å². The lowest BCUT2D eigenvalue weighted by molar-refractivity contribution is 0.0757. The highest BCUT2D eigenvalue weighted by molar-refractivity contribution is 7.98. The molecule has 8 heteroatoms. The number of ether oxygens (including phenoxy) is 1. The molecule has 0 atom stereocenters. The molecule has 0 spiro atoms. The number of nitrogens with zero attached hydrogens (tertiary/aromatic N) is 3. The van der Waals surface area contributed by atoms with E-state index in [1.54, 1.807) is 30.1 Å². The smallest absolute Gasteiger partial charge is 0.251 e. The molecule has 0 radical (unpaired) electrons. The fourth-order valence-electron chi connectivity index (χ4n) is 3.56. The van der Waals surface area contributed by atoms with Gasteiger partial charge in [0.05, 0.1) is 12.6 Å². The molecule has 0 aliphatic heterocycles. The Morgan fingerprint density at radius 3 is 2.57 bits per heavy atom. The van der Waals surface area contributed by atoms with Crippen molar-refractivity contribution in [3.63, 3.8) is 0 Å². The van der Waals surface area contributed by atoms with Crippen molar-refractivity contribution in [3.05, 3.63) is 89.4 Å². The minimum Gasteiger partial charge on any atom is -0.379 e. The van der Waals surface area contributed by atoms with E-state index in [2.05, 4.69) is 14.9 Å². The summed E-state index contributed by atoms with van der Waals surface area (Å²) in [5.41, 5.74) is 4.32. The van der Waals surface area contributed by atoms with E-state index in [0.717, 1.165) is 33.9 Å². The number of halogens is 1. The van der Waals surface area contributed by atoms with Crippen LogP contribution < -0.4 is 5.32 Å². The van der Waals surface area contributed by atoms with Gasteiger partial charge in [-0.25, -0.2) is 14.4 Å². The third-order valence-electron chi connectivity index (χ3n) is 5.36. The van der Waals surface area contributed by atoms with Crippen LogP contribution in [0.3, 0.4) is 0 Å². The van der Waals surface area contributed by atoms with Crippen LogP contribution in [0.15, 0.2) is 72.0 Å². The van der Waals surface area contributed by atoms with Crippen LogP contribution in [0.1, 0.15) is 41.8 Å². The van der Waals surface area contributed by atoms with Crippen molar-refractivity contribution >= 4 is 28.8 Å². The standard InChI is InChI=1S/C27H29FN4O2S/c1-19(2)34-16-4-15-30-26(33)22-10-6-20(7-11-22)17-32-25-24(5-3-14-29-25)31-27(32)35-18-21-8-12-23(28)13-9-21/h3,5-14,19H,4,15-18H2,1-2H3,(H,30,33). The second-order valence-electron chi connectivity index (χ2n) is 8.47. The van der Waals surface area contributed by atoms with Gasteiger partial charge in [0.25, 0.3) is 5.91 Å². The molecule has 0 saturated heterocycles. The van der Waals surface area contributed by atoms with Crippen LogP contribution in [-0.4, -0.2) is 39.7 Å². The SMILES string of the molecule is CC(C)OCCCNC(=O)c1ccc(Cn2c(SCc3ccc(F)cc3)nc3cccnc32)cc1. The van der Waals surface area contributed by atoms with Gasteiger partial charge in [-0.1, -0.05) is 36.0 Å². The van der Waals surface area contributed by atoms with E-state index in [0.29, 0.717) is 31.0 Å². The van der Waals surface area contributed by atoms with Crippen LogP contribution in [0, 0.1) is 5.82 Å². The van der Waals surface area contributed by atoms with Gasteiger partial charge in [0.2, 0.25) is 0 Å². The molecule has 6 nitrogen and oxygen atoms in total. The highest BCUT2D eigenvalue weighted by Gasteiger charge is 2.14. The van der Waals surface area contributed by atoms with Crippen LogP contribution in [0.5, 0.6) is 0 Å². The molecule has 2 heterocycles. The molecule has 1 N–H and O–H groups in total. The minimum atomic E-state index is -0.243. The van der Waals surface area contributed by atoms with E-state index in [9.17, 15) is 9.18 Å². The molecule has 0 aliphatic carbocycles. The average Bonchev–Trinajstić information content (AvgIpc) is 3.21. The highest BCUT2D eigenvalue weighted by Crippen LogP contribution is 2.27. The van der Waals surface area contributed by atoms with Gasteiger partial charge in [0.1, 0.15) is 11.3 Å². The summed E-state index contributed by atoms with van der Waals surface area (Å²) in [5.74, 6) is 0.337. The molecule has 4 aromatic rings. The van der Waals surface area contributed by atoms with E-state index >= 15 is 0 Å². The lowest BCUT2D eigenvalue weighted by Gasteiger charge is -2.10. The number of nitrogens with one attached hydrogen (secondary N) is 1. The van der Waals surface area contributed by atoms with E-state index < -0.39 is 0 Å². The maximum atomic E-state index is 13.2. The number of fused-ring (bicyclic) bond motifs is 1. The zero-order valence-corrected chi connectivity index (χ0v) is 20.7. The van der Waals surface area contributed by atoms with Crippen molar-refractivity contribution in [1.29, 1.82) is 0 Å². The molecule has 0 aliphatic rings. The first-order chi connectivity index (χ1) is 17.0. The summed E-state index contributed by atoms with van der Waals surface area (Å²) in [6.07, 6.45) is 2.73. The molecule has 0 bridgehead atoms. The topological polar surface area (TPSA) is 69.0 Å². The Kier molecular flexibility index (Phi) is 8.50. The summed E-state index contributed by atoms with van der Waals surface area (Å²) >= 11 is 1.59. The van der Waals surface area contributed by atoms with Gasteiger partial charge in [0, 0.05) is 30.7 Å². The summed E-state index contributed by atoms with van der Waals surface area (Å²) in [6.45, 7) is 5.78. The van der Waals surface area contributed by atoms with Crippen molar-refractivity contribution in [2.24, 2.45) is 0 Å². The van der Waals surface area contributed by atoms with Crippen LogP contribution in [0.4, 0.5) is 4.39 Å². The molecule has 0 unspecified atom stereocenters. The van der Waals surface area contributed by atoms with Gasteiger partial charge in [-0.2, -0.15) is 0 Å². The Balaban J connectivity index is 1.42. The van der Waals surface area contributed by atoms with Gasteiger partial charge >= 0.3 is 0 Å².